The topological polar surface area (TPSA) is 97.0 Å². The highest BCUT2D eigenvalue weighted by Gasteiger charge is 2.21. The van der Waals surface area contributed by atoms with Crippen molar-refractivity contribution < 1.29 is 13.2 Å². The van der Waals surface area contributed by atoms with E-state index in [-0.39, 0.29) is 36.3 Å². The molecule has 0 aromatic heterocycles. The Balaban J connectivity index is 0.00000400. The summed E-state index contributed by atoms with van der Waals surface area (Å²) >= 11 is 0. The molecule has 0 aromatic rings. The number of likely N-dealkylation sites (tertiary alicyclic amines) is 1. The number of sulfonamides is 1. The molecule has 3 N–H and O–H groups in total. The van der Waals surface area contributed by atoms with E-state index >= 15 is 0 Å². The number of ether oxygens (including phenoxy) is 1. The highest BCUT2D eigenvalue weighted by atomic mass is 127. The number of aliphatic imine (C=N–C) groups is 1. The summed E-state index contributed by atoms with van der Waals surface area (Å²) in [6, 6.07) is 0. The van der Waals surface area contributed by atoms with Crippen LogP contribution in [0.25, 0.3) is 0 Å². The number of piperidine rings is 1. The van der Waals surface area contributed by atoms with E-state index in [1.165, 1.54) is 0 Å². The van der Waals surface area contributed by atoms with E-state index in [1.54, 1.807) is 0 Å². The van der Waals surface area contributed by atoms with E-state index < -0.39 is 10.0 Å². The number of hydrogen-bond donors (Lipinski definition) is 2. The van der Waals surface area contributed by atoms with Gasteiger partial charge < -0.3 is 15.0 Å². The molecule has 1 heterocycles. The number of halogens is 1. The van der Waals surface area contributed by atoms with E-state index in [4.69, 9.17) is 9.88 Å². The molecule has 21 heavy (non-hydrogen) atoms. The first-order chi connectivity index (χ1) is 9.46. The van der Waals surface area contributed by atoms with Crippen LogP contribution in [-0.4, -0.2) is 63.9 Å². The lowest BCUT2D eigenvalue weighted by atomic mass is 10.1. The van der Waals surface area contributed by atoms with Gasteiger partial charge in [0.05, 0.1) is 18.4 Å². The Kier molecular flexibility index (Phi) is 10.5. The number of nitrogens with one attached hydrogen (secondary N) is 1. The van der Waals surface area contributed by atoms with Gasteiger partial charge in [-0.05, 0) is 26.7 Å². The maximum atomic E-state index is 10.9. The van der Waals surface area contributed by atoms with E-state index in [9.17, 15) is 8.42 Å². The zero-order valence-electron chi connectivity index (χ0n) is 12.7. The average molecular weight is 434 g/mol. The third-order valence-corrected chi connectivity index (χ3v) is 3.87. The highest BCUT2D eigenvalue weighted by Crippen LogP contribution is 2.13. The Hall–Kier alpha value is -0.130. The summed E-state index contributed by atoms with van der Waals surface area (Å²) in [6.45, 7) is 7.41. The van der Waals surface area contributed by atoms with Crippen molar-refractivity contribution in [1.29, 1.82) is 0 Å². The fourth-order valence-electron chi connectivity index (χ4n) is 2.17. The smallest absolute Gasteiger partial charge is 0.210 e. The maximum Gasteiger partial charge on any atom is 0.210 e. The first-order valence-corrected chi connectivity index (χ1v) is 8.83. The monoisotopic (exact) mass is 434 g/mol. The van der Waals surface area contributed by atoms with Gasteiger partial charge in [0.1, 0.15) is 0 Å². The molecular formula is C12H27IN4O3S. The van der Waals surface area contributed by atoms with Crippen LogP contribution in [-0.2, 0) is 14.8 Å². The molecule has 1 saturated heterocycles. The van der Waals surface area contributed by atoms with Gasteiger partial charge in [-0.2, -0.15) is 0 Å². The first-order valence-electron chi connectivity index (χ1n) is 7.11. The van der Waals surface area contributed by atoms with Gasteiger partial charge in [0, 0.05) is 26.2 Å². The number of hydrogen-bond acceptors (Lipinski definition) is 4. The minimum Gasteiger partial charge on any atom is -0.378 e. The van der Waals surface area contributed by atoms with E-state index in [1.807, 2.05) is 13.8 Å². The Labute approximate surface area is 144 Å². The standard InChI is InChI=1S/C12H26N4O3S.HI/c1-3-14-12(15-7-10-20(13,17)18)16-8-5-11(6-9-16)19-4-2;/h11H,3-10H2,1-2H3,(H,14,15)(H2,13,17,18);1H. The van der Waals surface area contributed by atoms with Gasteiger partial charge >= 0.3 is 0 Å². The van der Waals surface area contributed by atoms with Gasteiger partial charge in [0.25, 0.3) is 0 Å². The number of nitrogens with zero attached hydrogens (tertiary/aromatic N) is 2. The van der Waals surface area contributed by atoms with E-state index in [0.717, 1.165) is 45.0 Å². The lowest BCUT2D eigenvalue weighted by Gasteiger charge is -2.34. The zero-order valence-corrected chi connectivity index (χ0v) is 15.9. The molecule has 1 aliphatic heterocycles. The van der Waals surface area contributed by atoms with Crippen molar-refractivity contribution in [3.05, 3.63) is 0 Å². The summed E-state index contributed by atoms with van der Waals surface area (Å²) in [4.78, 5) is 6.47. The van der Waals surface area contributed by atoms with Gasteiger partial charge in [-0.25, -0.2) is 13.6 Å². The van der Waals surface area contributed by atoms with E-state index in [0.29, 0.717) is 6.10 Å². The van der Waals surface area contributed by atoms with Crippen LogP contribution >= 0.6 is 24.0 Å². The van der Waals surface area contributed by atoms with Crippen LogP contribution < -0.4 is 10.5 Å². The fourth-order valence-corrected chi connectivity index (χ4v) is 2.52. The van der Waals surface area contributed by atoms with Crippen LogP contribution in [0.5, 0.6) is 0 Å². The number of guanidine groups is 1. The summed E-state index contributed by atoms with van der Waals surface area (Å²) in [7, 11) is -3.45. The quantitative estimate of drug-likeness (QED) is 0.358. The molecule has 0 saturated carbocycles. The molecule has 0 bridgehead atoms. The number of nitrogens with two attached hydrogens (primary N) is 1. The molecule has 1 rings (SSSR count). The molecule has 0 spiro atoms. The van der Waals surface area contributed by atoms with Crippen molar-refractivity contribution in [1.82, 2.24) is 10.2 Å². The van der Waals surface area contributed by atoms with Gasteiger partial charge in [-0.3, -0.25) is 4.99 Å². The predicted octanol–water partition coefficient (Wildman–Crippen LogP) is 0.359. The second-order valence-corrected chi connectivity index (χ2v) is 6.48. The van der Waals surface area contributed by atoms with Crippen LogP contribution in [0, 0.1) is 0 Å². The molecular weight excluding hydrogens is 407 g/mol. The highest BCUT2D eigenvalue weighted by molar-refractivity contribution is 14.0. The molecule has 0 aromatic carbocycles. The summed E-state index contributed by atoms with van der Waals surface area (Å²) < 4.78 is 27.5. The minimum absolute atomic E-state index is 0. The SMILES string of the molecule is CCNC(=NCCS(N)(=O)=O)N1CCC(OCC)CC1.I. The number of rotatable bonds is 6. The Morgan fingerprint density at radius 3 is 2.48 bits per heavy atom. The van der Waals surface area contributed by atoms with Gasteiger partial charge in [-0.15, -0.1) is 24.0 Å². The minimum atomic E-state index is -3.45. The van der Waals surface area contributed by atoms with Gasteiger partial charge in [0.2, 0.25) is 10.0 Å². The molecule has 1 aliphatic rings. The third-order valence-electron chi connectivity index (χ3n) is 3.12. The number of primary sulfonamides is 1. The first kappa shape index (κ1) is 20.9. The van der Waals surface area contributed by atoms with Crippen LogP contribution in [0.15, 0.2) is 4.99 Å². The molecule has 7 nitrogen and oxygen atoms in total. The molecule has 1 fully saturated rings. The Morgan fingerprint density at radius 2 is 2.00 bits per heavy atom. The van der Waals surface area contributed by atoms with Crippen molar-refractivity contribution >= 4 is 40.0 Å². The maximum absolute atomic E-state index is 10.9. The summed E-state index contributed by atoms with van der Waals surface area (Å²) in [6.07, 6.45) is 2.25. The van der Waals surface area contributed by atoms with Crippen molar-refractivity contribution in [2.24, 2.45) is 10.1 Å². The second kappa shape index (κ2) is 10.6. The fraction of sp³-hybridized carbons (Fsp3) is 0.917. The zero-order chi connectivity index (χ0) is 15.0. The summed E-state index contributed by atoms with van der Waals surface area (Å²) in [5, 5.41) is 8.16. The predicted molar refractivity (Wildman–Crippen MR) is 95.6 cm³/mol. The molecule has 0 atom stereocenters. The third kappa shape index (κ3) is 8.79. The Bertz CT molecular complexity index is 409. The Morgan fingerprint density at radius 1 is 1.38 bits per heavy atom. The molecule has 126 valence electrons. The van der Waals surface area contributed by atoms with E-state index in [2.05, 4.69) is 15.2 Å². The summed E-state index contributed by atoms with van der Waals surface area (Å²) in [5.74, 6) is 0.628. The van der Waals surface area contributed by atoms with Crippen LogP contribution in [0.4, 0.5) is 0 Å². The van der Waals surface area contributed by atoms with Crippen molar-refractivity contribution in [3.63, 3.8) is 0 Å². The molecule has 0 aliphatic carbocycles. The van der Waals surface area contributed by atoms with Gasteiger partial charge in [0.15, 0.2) is 5.96 Å². The lowest BCUT2D eigenvalue weighted by Crippen LogP contribution is -2.47. The summed E-state index contributed by atoms with van der Waals surface area (Å²) in [5.41, 5.74) is 0. The average Bonchev–Trinajstić information content (AvgIpc) is 2.38. The molecule has 0 unspecified atom stereocenters. The second-order valence-electron chi connectivity index (χ2n) is 4.74. The van der Waals surface area contributed by atoms with Crippen molar-refractivity contribution in [2.45, 2.75) is 32.8 Å². The van der Waals surface area contributed by atoms with Crippen molar-refractivity contribution in [2.75, 3.05) is 38.5 Å². The normalized spacial score (nSPS) is 17.5. The largest absolute Gasteiger partial charge is 0.378 e. The van der Waals surface area contributed by atoms with Gasteiger partial charge in [-0.1, -0.05) is 0 Å². The van der Waals surface area contributed by atoms with Crippen LogP contribution in [0.3, 0.4) is 0 Å². The molecule has 9 heteroatoms. The molecule has 0 radical (unpaired) electrons. The molecule has 0 amide bonds. The van der Waals surface area contributed by atoms with Crippen molar-refractivity contribution in [3.8, 4) is 0 Å². The van der Waals surface area contributed by atoms with Crippen LogP contribution in [0.2, 0.25) is 0 Å². The lowest BCUT2D eigenvalue weighted by molar-refractivity contribution is 0.0264. The van der Waals surface area contributed by atoms with Crippen LogP contribution in [0.1, 0.15) is 26.7 Å².